The highest BCUT2D eigenvalue weighted by Crippen LogP contribution is 2.35. The van der Waals surface area contributed by atoms with E-state index >= 15 is 0 Å². The molecule has 1 unspecified atom stereocenters. The van der Waals surface area contributed by atoms with Crippen molar-refractivity contribution < 1.29 is 18.7 Å². The van der Waals surface area contributed by atoms with Gasteiger partial charge in [0, 0.05) is 24.7 Å². The first-order chi connectivity index (χ1) is 15.9. The average Bonchev–Trinajstić information content (AvgIpc) is 3.41. The molecule has 1 fully saturated rings. The Balaban J connectivity index is 1.50. The van der Waals surface area contributed by atoms with Gasteiger partial charge in [0.1, 0.15) is 17.0 Å². The summed E-state index contributed by atoms with van der Waals surface area (Å²) in [4.78, 5) is 29.2. The lowest BCUT2D eigenvalue weighted by Crippen LogP contribution is -2.64. The molecular weight excluding hydrogens is 418 g/mol. The Morgan fingerprint density at radius 3 is 2.76 bits per heavy atom. The number of methoxy groups -OCH3 is 1. The molecule has 2 aromatic heterocycles. The number of fused-ring (bicyclic) bond motifs is 3. The normalized spacial score (nSPS) is 25.2. The number of furan rings is 1. The predicted octanol–water partition coefficient (Wildman–Crippen LogP) is 4.35. The van der Waals surface area contributed by atoms with Crippen molar-refractivity contribution in [1.29, 1.82) is 0 Å². The van der Waals surface area contributed by atoms with E-state index in [1.165, 1.54) is 0 Å². The van der Waals surface area contributed by atoms with Crippen molar-refractivity contribution in [2.45, 2.75) is 64.2 Å². The molecule has 1 N–H and O–H groups in total. The van der Waals surface area contributed by atoms with Crippen LogP contribution in [-0.4, -0.2) is 40.0 Å². The molecule has 2 aliphatic rings. The highest BCUT2D eigenvalue weighted by atomic mass is 16.5. The molecule has 7 heteroatoms. The Labute approximate surface area is 193 Å². The van der Waals surface area contributed by atoms with Crippen LogP contribution in [0.2, 0.25) is 0 Å². The molecule has 0 bridgehead atoms. The van der Waals surface area contributed by atoms with Gasteiger partial charge in [0.15, 0.2) is 5.58 Å². The SMILES string of the molecule is COc1cccc(CN2C(=O)c3cc4occc4n3CC2(C)C(=O)NC2CCC(C)CC2)c1. The maximum absolute atomic E-state index is 13.8. The van der Waals surface area contributed by atoms with Crippen molar-refractivity contribution in [3.8, 4) is 5.75 Å². The molecule has 2 amide bonds. The summed E-state index contributed by atoms with van der Waals surface area (Å²) < 4.78 is 12.8. The van der Waals surface area contributed by atoms with Gasteiger partial charge in [0.2, 0.25) is 5.91 Å². The number of ether oxygens (including phenoxy) is 1. The monoisotopic (exact) mass is 449 g/mol. The Hall–Kier alpha value is -3.22. The minimum absolute atomic E-state index is 0.103. The molecule has 0 spiro atoms. The Morgan fingerprint density at radius 1 is 1.21 bits per heavy atom. The first-order valence-corrected chi connectivity index (χ1v) is 11.7. The maximum atomic E-state index is 13.8. The summed E-state index contributed by atoms with van der Waals surface area (Å²) >= 11 is 0. The fourth-order valence-electron chi connectivity index (χ4n) is 5.22. The lowest BCUT2D eigenvalue weighted by Gasteiger charge is -2.45. The number of hydrogen-bond donors (Lipinski definition) is 1. The standard InChI is InChI=1S/C26H31N3O4/c1-17-7-9-19(10-8-17)27-25(31)26(2)16-28-21-11-12-33-23(21)14-22(28)24(30)29(26)15-18-5-4-6-20(13-18)32-3/h4-6,11-14,17,19H,7-10,15-16H2,1-3H3,(H,27,31). The molecule has 1 aliphatic heterocycles. The quantitative estimate of drug-likeness (QED) is 0.628. The number of carbonyl (C=O) groups is 2. The van der Waals surface area contributed by atoms with Gasteiger partial charge < -0.3 is 23.9 Å². The van der Waals surface area contributed by atoms with E-state index in [0.717, 1.165) is 42.5 Å². The second-order valence-electron chi connectivity index (χ2n) is 9.73. The van der Waals surface area contributed by atoms with Crippen molar-refractivity contribution in [3.05, 3.63) is 53.9 Å². The summed E-state index contributed by atoms with van der Waals surface area (Å²) in [6.45, 7) is 4.82. The van der Waals surface area contributed by atoms with Gasteiger partial charge >= 0.3 is 0 Å². The van der Waals surface area contributed by atoms with E-state index in [-0.39, 0.29) is 17.9 Å². The molecule has 7 nitrogen and oxygen atoms in total. The van der Waals surface area contributed by atoms with Gasteiger partial charge in [-0.2, -0.15) is 0 Å². The van der Waals surface area contributed by atoms with Crippen LogP contribution >= 0.6 is 0 Å². The summed E-state index contributed by atoms with van der Waals surface area (Å²) in [5, 5.41) is 3.28. The minimum atomic E-state index is -1.04. The molecule has 1 atom stereocenters. The average molecular weight is 450 g/mol. The summed E-state index contributed by atoms with van der Waals surface area (Å²) in [6, 6.07) is 11.4. The molecule has 0 saturated heterocycles. The van der Waals surface area contributed by atoms with Crippen LogP contribution < -0.4 is 10.1 Å². The first kappa shape index (κ1) is 21.6. The molecule has 174 valence electrons. The van der Waals surface area contributed by atoms with E-state index in [9.17, 15) is 9.59 Å². The molecule has 3 aromatic rings. The maximum Gasteiger partial charge on any atom is 0.271 e. The number of aromatic nitrogens is 1. The minimum Gasteiger partial charge on any atom is -0.497 e. The topological polar surface area (TPSA) is 76.7 Å². The first-order valence-electron chi connectivity index (χ1n) is 11.7. The third-order valence-corrected chi connectivity index (χ3v) is 7.36. The third kappa shape index (κ3) is 3.79. The van der Waals surface area contributed by atoms with Gasteiger partial charge in [-0.3, -0.25) is 9.59 Å². The third-order valence-electron chi connectivity index (χ3n) is 7.36. The van der Waals surface area contributed by atoms with E-state index in [4.69, 9.17) is 9.15 Å². The molecule has 33 heavy (non-hydrogen) atoms. The van der Waals surface area contributed by atoms with Crippen molar-refractivity contribution in [1.82, 2.24) is 14.8 Å². The fraction of sp³-hybridized carbons (Fsp3) is 0.462. The van der Waals surface area contributed by atoms with Gasteiger partial charge in [-0.1, -0.05) is 19.1 Å². The number of carbonyl (C=O) groups excluding carboxylic acids is 2. The molecule has 1 saturated carbocycles. The number of nitrogens with one attached hydrogen (secondary N) is 1. The van der Waals surface area contributed by atoms with Crippen molar-refractivity contribution in [2.75, 3.05) is 7.11 Å². The summed E-state index contributed by atoms with van der Waals surface area (Å²) in [5.41, 5.74) is 1.91. The molecule has 3 heterocycles. The molecular formula is C26H31N3O4. The predicted molar refractivity (Wildman–Crippen MR) is 125 cm³/mol. The zero-order valence-corrected chi connectivity index (χ0v) is 19.5. The summed E-state index contributed by atoms with van der Waals surface area (Å²) in [5.74, 6) is 1.14. The van der Waals surface area contributed by atoms with E-state index in [2.05, 4.69) is 12.2 Å². The van der Waals surface area contributed by atoms with Crippen LogP contribution in [0, 0.1) is 5.92 Å². The number of amides is 2. The zero-order valence-electron chi connectivity index (χ0n) is 19.5. The Bertz CT molecular complexity index is 1190. The lowest BCUT2D eigenvalue weighted by molar-refractivity contribution is -0.134. The van der Waals surface area contributed by atoms with Crippen LogP contribution in [0.25, 0.3) is 11.1 Å². The Kier molecular flexibility index (Phi) is 5.43. The van der Waals surface area contributed by atoms with Crippen LogP contribution in [0.3, 0.4) is 0 Å². The van der Waals surface area contributed by atoms with Crippen LogP contribution in [0.1, 0.15) is 55.6 Å². The highest BCUT2D eigenvalue weighted by molar-refractivity contribution is 6.02. The number of nitrogens with zero attached hydrogens (tertiary/aromatic N) is 2. The molecule has 0 radical (unpaired) electrons. The summed E-state index contributed by atoms with van der Waals surface area (Å²) in [6.07, 6.45) is 5.81. The van der Waals surface area contributed by atoms with Crippen molar-refractivity contribution in [3.63, 3.8) is 0 Å². The number of rotatable bonds is 5. The van der Waals surface area contributed by atoms with Gasteiger partial charge in [0.05, 0.1) is 25.4 Å². The van der Waals surface area contributed by atoms with E-state index in [1.54, 1.807) is 24.3 Å². The van der Waals surface area contributed by atoms with Crippen LogP contribution in [0.15, 0.2) is 47.1 Å². The van der Waals surface area contributed by atoms with E-state index in [0.29, 0.717) is 30.3 Å². The Morgan fingerprint density at radius 2 is 2.00 bits per heavy atom. The fourth-order valence-corrected chi connectivity index (χ4v) is 5.22. The summed E-state index contributed by atoms with van der Waals surface area (Å²) in [7, 11) is 1.62. The second kappa shape index (κ2) is 8.28. The smallest absolute Gasteiger partial charge is 0.271 e. The highest BCUT2D eigenvalue weighted by Gasteiger charge is 2.48. The molecule has 5 rings (SSSR count). The van der Waals surface area contributed by atoms with Crippen LogP contribution in [0.4, 0.5) is 0 Å². The molecule has 1 aromatic carbocycles. The van der Waals surface area contributed by atoms with E-state index in [1.807, 2.05) is 41.8 Å². The second-order valence-corrected chi connectivity index (χ2v) is 9.73. The van der Waals surface area contributed by atoms with E-state index < -0.39 is 5.54 Å². The zero-order chi connectivity index (χ0) is 23.2. The van der Waals surface area contributed by atoms with Crippen LogP contribution in [0.5, 0.6) is 5.75 Å². The van der Waals surface area contributed by atoms with Crippen molar-refractivity contribution in [2.24, 2.45) is 5.92 Å². The van der Waals surface area contributed by atoms with Gasteiger partial charge in [-0.05, 0) is 56.2 Å². The van der Waals surface area contributed by atoms with Gasteiger partial charge in [0.25, 0.3) is 5.91 Å². The van der Waals surface area contributed by atoms with Crippen molar-refractivity contribution >= 4 is 22.9 Å². The lowest BCUT2D eigenvalue weighted by atomic mass is 9.86. The van der Waals surface area contributed by atoms with Gasteiger partial charge in [-0.15, -0.1) is 0 Å². The number of benzene rings is 1. The molecule has 1 aliphatic carbocycles. The van der Waals surface area contributed by atoms with Crippen LogP contribution in [-0.2, 0) is 17.9 Å². The van der Waals surface area contributed by atoms with Gasteiger partial charge in [-0.25, -0.2) is 0 Å². The largest absolute Gasteiger partial charge is 0.497 e. The number of hydrogen-bond acceptors (Lipinski definition) is 4.